The molecule has 25 heavy (non-hydrogen) atoms. The number of methoxy groups -OCH3 is 1. The van der Waals surface area contributed by atoms with Crippen molar-refractivity contribution in [3.05, 3.63) is 65.4 Å². The number of hydrogen-bond acceptors (Lipinski definition) is 3. The second kappa shape index (κ2) is 6.63. The van der Waals surface area contributed by atoms with Gasteiger partial charge in [-0.05, 0) is 42.5 Å². The third kappa shape index (κ3) is 3.12. The number of nitrogens with one attached hydrogen (secondary N) is 1. The Balaban J connectivity index is 1.50. The van der Waals surface area contributed by atoms with Gasteiger partial charge >= 0.3 is 0 Å². The molecular formula is C21H21NO3. The molecule has 0 fully saturated rings. The van der Waals surface area contributed by atoms with E-state index in [1.54, 1.807) is 13.4 Å². The minimum atomic E-state index is 0.0280. The van der Waals surface area contributed by atoms with Crippen LogP contribution in [0.2, 0.25) is 0 Å². The lowest BCUT2D eigenvalue weighted by atomic mass is 9.87. The molecule has 1 amide bonds. The van der Waals surface area contributed by atoms with E-state index in [0.717, 1.165) is 41.5 Å². The van der Waals surface area contributed by atoms with Gasteiger partial charge in [0.05, 0.1) is 25.8 Å². The Morgan fingerprint density at radius 2 is 2.16 bits per heavy atom. The van der Waals surface area contributed by atoms with E-state index in [-0.39, 0.29) is 11.9 Å². The van der Waals surface area contributed by atoms with Gasteiger partial charge in [-0.25, -0.2) is 0 Å². The number of ether oxygens (including phenoxy) is 1. The topological polar surface area (TPSA) is 51.5 Å². The zero-order chi connectivity index (χ0) is 17.2. The van der Waals surface area contributed by atoms with Crippen LogP contribution < -0.4 is 10.1 Å². The van der Waals surface area contributed by atoms with Crippen molar-refractivity contribution >= 4 is 16.9 Å². The Bertz CT molecular complexity index is 912. The summed E-state index contributed by atoms with van der Waals surface area (Å²) in [6.07, 6.45) is 5.18. The van der Waals surface area contributed by atoms with Gasteiger partial charge in [0.15, 0.2) is 0 Å². The van der Waals surface area contributed by atoms with Crippen LogP contribution in [0.4, 0.5) is 0 Å². The predicted molar refractivity (Wildman–Crippen MR) is 96.7 cm³/mol. The van der Waals surface area contributed by atoms with E-state index in [9.17, 15) is 4.79 Å². The second-order valence-electron chi connectivity index (χ2n) is 6.51. The van der Waals surface area contributed by atoms with E-state index in [0.29, 0.717) is 6.42 Å². The first-order chi connectivity index (χ1) is 12.2. The summed E-state index contributed by atoms with van der Waals surface area (Å²) in [4.78, 5) is 12.6. The van der Waals surface area contributed by atoms with Crippen LogP contribution in [0.5, 0.6) is 5.75 Å². The zero-order valence-corrected chi connectivity index (χ0v) is 14.2. The summed E-state index contributed by atoms with van der Waals surface area (Å²) in [6, 6.07) is 14.2. The lowest BCUT2D eigenvalue weighted by molar-refractivity contribution is -0.121. The zero-order valence-electron chi connectivity index (χ0n) is 14.2. The van der Waals surface area contributed by atoms with E-state index < -0.39 is 0 Å². The van der Waals surface area contributed by atoms with Gasteiger partial charge < -0.3 is 14.5 Å². The molecule has 1 atom stereocenters. The third-order valence-electron chi connectivity index (χ3n) is 4.92. The summed E-state index contributed by atoms with van der Waals surface area (Å²) in [5.41, 5.74) is 4.24. The molecule has 0 saturated heterocycles. The molecule has 4 rings (SSSR count). The number of carbonyl (C=O) groups excluding carboxylic acids is 1. The predicted octanol–water partition coefficient (Wildman–Crippen LogP) is 4.18. The van der Waals surface area contributed by atoms with Gasteiger partial charge in [0, 0.05) is 17.0 Å². The normalized spacial score (nSPS) is 16.4. The first kappa shape index (κ1) is 15.8. The molecule has 1 aromatic heterocycles. The summed E-state index contributed by atoms with van der Waals surface area (Å²) >= 11 is 0. The van der Waals surface area contributed by atoms with Gasteiger partial charge in [-0.2, -0.15) is 0 Å². The lowest BCUT2D eigenvalue weighted by Crippen LogP contribution is -2.32. The Labute approximate surface area is 146 Å². The van der Waals surface area contributed by atoms with E-state index in [2.05, 4.69) is 23.5 Å². The molecule has 0 saturated carbocycles. The summed E-state index contributed by atoms with van der Waals surface area (Å²) in [6.45, 7) is 0. The fourth-order valence-electron chi connectivity index (χ4n) is 3.65. The summed E-state index contributed by atoms with van der Waals surface area (Å²) < 4.78 is 10.8. The number of benzene rings is 2. The van der Waals surface area contributed by atoms with E-state index in [4.69, 9.17) is 9.15 Å². The maximum absolute atomic E-state index is 12.6. The van der Waals surface area contributed by atoms with Crippen LogP contribution in [0, 0.1) is 0 Å². The molecule has 2 aromatic carbocycles. The fourth-order valence-corrected chi connectivity index (χ4v) is 3.65. The highest BCUT2D eigenvalue weighted by molar-refractivity contribution is 5.88. The van der Waals surface area contributed by atoms with Crippen LogP contribution in [-0.2, 0) is 17.6 Å². The van der Waals surface area contributed by atoms with Crippen molar-refractivity contribution in [3.8, 4) is 5.75 Å². The molecular weight excluding hydrogens is 314 g/mol. The molecule has 0 spiro atoms. The van der Waals surface area contributed by atoms with Crippen LogP contribution >= 0.6 is 0 Å². The first-order valence-electron chi connectivity index (χ1n) is 8.66. The quantitative estimate of drug-likeness (QED) is 0.778. The minimum Gasteiger partial charge on any atom is -0.497 e. The molecule has 0 bridgehead atoms. The molecule has 1 N–H and O–H groups in total. The minimum absolute atomic E-state index is 0.0280. The van der Waals surface area contributed by atoms with Crippen LogP contribution in [0.25, 0.3) is 11.0 Å². The summed E-state index contributed by atoms with van der Waals surface area (Å²) in [5.74, 6) is 0.775. The number of hydrogen-bond donors (Lipinski definition) is 1. The molecule has 0 unspecified atom stereocenters. The Kier molecular flexibility index (Phi) is 4.18. The van der Waals surface area contributed by atoms with Gasteiger partial charge in [-0.3, -0.25) is 4.79 Å². The van der Waals surface area contributed by atoms with Gasteiger partial charge in [0.25, 0.3) is 0 Å². The Morgan fingerprint density at radius 1 is 1.28 bits per heavy atom. The average Bonchev–Trinajstić information content (AvgIpc) is 3.04. The molecule has 128 valence electrons. The average molecular weight is 335 g/mol. The van der Waals surface area contributed by atoms with E-state index in [1.807, 2.05) is 24.3 Å². The second-order valence-corrected chi connectivity index (χ2v) is 6.51. The number of carbonyl (C=O) groups is 1. The molecule has 0 aliphatic heterocycles. The standard InChI is InChI=1S/C21H21NO3/c1-24-16-9-10-18-15(13-25-20(18)12-16)11-21(23)22-19-8-4-6-14-5-2-3-7-17(14)19/h2-3,5,7,9-10,12-13,19H,4,6,8,11H2,1H3,(H,22,23)/t19-/m0/s1. The van der Waals surface area contributed by atoms with Crippen molar-refractivity contribution in [2.24, 2.45) is 0 Å². The molecule has 1 aliphatic rings. The number of furan rings is 1. The fraction of sp³-hybridized carbons (Fsp3) is 0.286. The van der Waals surface area contributed by atoms with E-state index in [1.165, 1.54) is 11.1 Å². The summed E-state index contributed by atoms with van der Waals surface area (Å²) in [7, 11) is 1.63. The SMILES string of the molecule is COc1ccc2c(CC(=O)N[C@H]3CCCc4ccccc43)coc2c1. The van der Waals surface area contributed by atoms with Crippen molar-refractivity contribution in [1.82, 2.24) is 5.32 Å². The van der Waals surface area contributed by atoms with Gasteiger partial charge in [-0.15, -0.1) is 0 Å². The van der Waals surface area contributed by atoms with E-state index >= 15 is 0 Å². The number of amides is 1. The van der Waals surface area contributed by atoms with Crippen molar-refractivity contribution in [2.75, 3.05) is 7.11 Å². The number of fused-ring (bicyclic) bond motifs is 2. The third-order valence-corrected chi connectivity index (χ3v) is 4.92. The van der Waals surface area contributed by atoms with Crippen LogP contribution in [0.15, 0.2) is 53.1 Å². The monoisotopic (exact) mass is 335 g/mol. The van der Waals surface area contributed by atoms with Crippen molar-refractivity contribution in [2.45, 2.75) is 31.7 Å². The van der Waals surface area contributed by atoms with Gasteiger partial charge in [-0.1, -0.05) is 24.3 Å². The Hall–Kier alpha value is -2.75. The van der Waals surface area contributed by atoms with Crippen molar-refractivity contribution in [1.29, 1.82) is 0 Å². The maximum atomic E-state index is 12.6. The number of rotatable bonds is 4. The molecule has 3 aromatic rings. The Morgan fingerprint density at radius 3 is 3.04 bits per heavy atom. The summed E-state index contributed by atoms with van der Waals surface area (Å²) in [5, 5.41) is 4.15. The highest BCUT2D eigenvalue weighted by atomic mass is 16.5. The molecule has 4 nitrogen and oxygen atoms in total. The van der Waals surface area contributed by atoms with Gasteiger partial charge in [0.1, 0.15) is 11.3 Å². The van der Waals surface area contributed by atoms with Crippen molar-refractivity contribution < 1.29 is 13.9 Å². The highest BCUT2D eigenvalue weighted by Crippen LogP contribution is 2.30. The number of aryl methyl sites for hydroxylation is 1. The van der Waals surface area contributed by atoms with Gasteiger partial charge in [0.2, 0.25) is 5.91 Å². The highest BCUT2D eigenvalue weighted by Gasteiger charge is 2.22. The van der Waals surface area contributed by atoms with Crippen LogP contribution in [0.1, 0.15) is 35.6 Å². The molecule has 4 heteroatoms. The molecule has 0 radical (unpaired) electrons. The maximum Gasteiger partial charge on any atom is 0.225 e. The van der Waals surface area contributed by atoms with Crippen molar-refractivity contribution in [3.63, 3.8) is 0 Å². The molecule has 1 heterocycles. The lowest BCUT2D eigenvalue weighted by Gasteiger charge is -2.26. The largest absolute Gasteiger partial charge is 0.497 e. The van der Waals surface area contributed by atoms with Crippen LogP contribution in [0.3, 0.4) is 0 Å². The first-order valence-corrected chi connectivity index (χ1v) is 8.66. The smallest absolute Gasteiger partial charge is 0.225 e. The molecule has 1 aliphatic carbocycles. The van der Waals surface area contributed by atoms with Crippen LogP contribution in [-0.4, -0.2) is 13.0 Å².